The monoisotopic (exact) mass is 815 g/mol. The summed E-state index contributed by atoms with van der Waals surface area (Å²) in [4.78, 5) is 53.4. The van der Waals surface area contributed by atoms with E-state index in [9.17, 15) is 19.2 Å². The average molecular weight is 816 g/mol. The van der Waals surface area contributed by atoms with Gasteiger partial charge in [0, 0.05) is 47.3 Å². The second-order valence-electron chi connectivity index (χ2n) is 9.68. The van der Waals surface area contributed by atoms with Crippen molar-refractivity contribution >= 4 is 46.3 Å². The SMILES string of the molecule is CC(=O)NCC(=O)Nc1ccc(-c2nnc3ccccn23)nc1.CC(=O)NCC(=O)Nc1ccc(-c2nnc3ccccn23)nc1.[Pt]. The Hall–Kier alpha value is -5.89. The molecule has 0 aliphatic rings. The Balaban J connectivity index is 0.000000208. The zero-order valence-electron chi connectivity index (χ0n) is 25.0. The van der Waals surface area contributed by atoms with Crippen molar-refractivity contribution in [2.24, 2.45) is 0 Å². The van der Waals surface area contributed by atoms with Crippen molar-refractivity contribution in [1.82, 2.24) is 49.8 Å². The Morgan fingerprint density at radius 3 is 1.38 bits per heavy atom. The molecule has 0 atom stereocenters. The minimum absolute atomic E-state index is 0. The molecule has 6 aromatic rings. The van der Waals surface area contributed by atoms with Gasteiger partial charge in [-0.25, -0.2) is 0 Å². The molecule has 0 aromatic carbocycles. The fraction of sp³-hybridized carbons (Fsp3) is 0.133. The minimum atomic E-state index is -0.317. The molecule has 0 unspecified atom stereocenters. The number of nitrogens with one attached hydrogen (secondary N) is 4. The fourth-order valence-electron chi connectivity index (χ4n) is 4.05. The van der Waals surface area contributed by atoms with Crippen LogP contribution in [0.3, 0.4) is 0 Å². The van der Waals surface area contributed by atoms with E-state index in [4.69, 9.17) is 0 Å². The summed E-state index contributed by atoms with van der Waals surface area (Å²) in [5.41, 5.74) is 3.83. The zero-order chi connectivity index (χ0) is 32.5. The van der Waals surface area contributed by atoms with Gasteiger partial charge in [-0.2, -0.15) is 0 Å². The summed E-state index contributed by atoms with van der Waals surface area (Å²) in [5.74, 6) is 0.0958. The van der Waals surface area contributed by atoms with Gasteiger partial charge >= 0.3 is 0 Å². The van der Waals surface area contributed by atoms with E-state index < -0.39 is 0 Å². The van der Waals surface area contributed by atoms with Gasteiger partial charge in [0.15, 0.2) is 22.9 Å². The first-order valence-electron chi connectivity index (χ1n) is 13.9. The number of anilines is 2. The van der Waals surface area contributed by atoms with Crippen molar-refractivity contribution in [2.75, 3.05) is 23.7 Å². The first-order chi connectivity index (χ1) is 22.3. The number of carbonyl (C=O) groups is 4. The van der Waals surface area contributed by atoms with E-state index in [1.165, 1.54) is 26.2 Å². The number of hydrogen-bond acceptors (Lipinski definition) is 10. The van der Waals surface area contributed by atoms with E-state index in [0.717, 1.165) is 11.3 Å². The van der Waals surface area contributed by atoms with Crippen molar-refractivity contribution in [3.05, 3.63) is 85.5 Å². The van der Waals surface area contributed by atoms with Crippen molar-refractivity contribution in [3.8, 4) is 23.0 Å². The summed E-state index contributed by atoms with van der Waals surface area (Å²) in [5, 5.41) is 26.5. The molecular weight excluding hydrogens is 787 g/mol. The molecule has 242 valence electrons. The first kappa shape index (κ1) is 34.0. The summed E-state index contributed by atoms with van der Waals surface area (Å²) in [7, 11) is 0. The molecule has 0 radical (unpaired) electrons. The first-order valence-corrected chi connectivity index (χ1v) is 13.9. The second kappa shape index (κ2) is 15.9. The van der Waals surface area contributed by atoms with E-state index in [1.54, 1.807) is 24.3 Å². The Morgan fingerprint density at radius 1 is 0.596 bits per heavy atom. The Morgan fingerprint density at radius 2 is 1.02 bits per heavy atom. The number of amides is 4. The maximum atomic E-state index is 11.6. The van der Waals surface area contributed by atoms with Gasteiger partial charge in [0.25, 0.3) is 0 Å². The van der Waals surface area contributed by atoms with Gasteiger partial charge in [0.1, 0.15) is 11.4 Å². The summed E-state index contributed by atoms with van der Waals surface area (Å²) < 4.78 is 3.66. The van der Waals surface area contributed by atoms with E-state index in [-0.39, 0.29) is 57.8 Å². The Bertz CT molecular complexity index is 1860. The number of rotatable bonds is 8. The van der Waals surface area contributed by atoms with Crippen LogP contribution in [-0.2, 0) is 40.2 Å². The molecule has 6 aromatic heterocycles. The van der Waals surface area contributed by atoms with E-state index >= 15 is 0 Å². The molecule has 0 aliphatic carbocycles. The molecule has 0 saturated carbocycles. The number of pyridine rings is 4. The molecule has 0 saturated heterocycles. The number of hydrogen-bond donors (Lipinski definition) is 4. The molecule has 17 heteroatoms. The molecule has 4 N–H and O–H groups in total. The van der Waals surface area contributed by atoms with Gasteiger partial charge in [0.05, 0.1) is 36.9 Å². The third-order valence-electron chi connectivity index (χ3n) is 6.18. The van der Waals surface area contributed by atoms with Crippen molar-refractivity contribution in [2.45, 2.75) is 13.8 Å². The van der Waals surface area contributed by atoms with Gasteiger partial charge in [-0.05, 0) is 48.5 Å². The molecule has 6 rings (SSSR count). The fourth-order valence-corrected chi connectivity index (χ4v) is 4.05. The van der Waals surface area contributed by atoms with Gasteiger partial charge in [0.2, 0.25) is 23.6 Å². The predicted octanol–water partition coefficient (Wildman–Crippen LogP) is 1.73. The van der Waals surface area contributed by atoms with Crippen LogP contribution in [0.25, 0.3) is 34.3 Å². The van der Waals surface area contributed by atoms with Crippen LogP contribution in [-0.4, -0.2) is 75.9 Å². The molecule has 4 amide bonds. The molecule has 16 nitrogen and oxygen atoms in total. The maximum absolute atomic E-state index is 11.6. The molecule has 0 bridgehead atoms. The van der Waals surface area contributed by atoms with Crippen molar-refractivity contribution in [1.29, 1.82) is 0 Å². The minimum Gasteiger partial charge on any atom is -0.347 e. The number of nitrogens with zero attached hydrogens (tertiary/aromatic N) is 8. The molecule has 47 heavy (non-hydrogen) atoms. The summed E-state index contributed by atoms with van der Waals surface area (Å²) in [6.45, 7) is 2.55. The summed E-state index contributed by atoms with van der Waals surface area (Å²) >= 11 is 0. The molecule has 0 aliphatic heterocycles. The van der Waals surface area contributed by atoms with Crippen LogP contribution in [0.5, 0.6) is 0 Å². The van der Waals surface area contributed by atoms with Gasteiger partial charge in [-0.1, -0.05) is 12.1 Å². The molecular formula is C30H28N12O4Pt. The van der Waals surface area contributed by atoms with Crippen LogP contribution in [0.2, 0.25) is 0 Å². The van der Waals surface area contributed by atoms with Gasteiger partial charge in [-0.15, -0.1) is 20.4 Å². The Kier molecular flexibility index (Phi) is 11.5. The third-order valence-corrected chi connectivity index (χ3v) is 6.18. The number of aromatic nitrogens is 8. The largest absolute Gasteiger partial charge is 0.347 e. The van der Waals surface area contributed by atoms with Crippen molar-refractivity contribution < 1.29 is 40.2 Å². The van der Waals surface area contributed by atoms with Crippen LogP contribution in [0.15, 0.2) is 85.5 Å². The quantitative estimate of drug-likeness (QED) is 0.175. The predicted molar refractivity (Wildman–Crippen MR) is 167 cm³/mol. The van der Waals surface area contributed by atoms with E-state index in [2.05, 4.69) is 51.6 Å². The van der Waals surface area contributed by atoms with Crippen LogP contribution < -0.4 is 21.3 Å². The normalized spacial score (nSPS) is 10.3. The van der Waals surface area contributed by atoms with E-state index in [1.807, 2.05) is 57.6 Å². The number of fused-ring (bicyclic) bond motifs is 2. The van der Waals surface area contributed by atoms with E-state index in [0.29, 0.717) is 34.4 Å². The molecule has 6 heterocycles. The topological polar surface area (TPSA) is 203 Å². The summed E-state index contributed by atoms with van der Waals surface area (Å²) in [6.07, 6.45) is 6.78. The zero-order valence-corrected chi connectivity index (χ0v) is 27.3. The standard InChI is InChI=1S/2C15H14N6O2.Pt/c2*1-10(22)16-9-14(23)18-11-5-6-12(17-8-11)15-20-19-13-4-2-3-7-21(13)15;/h2*2-8H,9H2,1H3,(H,16,22)(H,18,23);. The van der Waals surface area contributed by atoms with Gasteiger partial charge in [-0.3, -0.25) is 37.9 Å². The summed E-state index contributed by atoms with van der Waals surface area (Å²) in [6, 6.07) is 18.2. The van der Waals surface area contributed by atoms with Gasteiger partial charge < -0.3 is 21.3 Å². The smallest absolute Gasteiger partial charge is 0.243 e. The maximum Gasteiger partial charge on any atom is 0.243 e. The Labute approximate surface area is 281 Å². The van der Waals surface area contributed by atoms with Crippen LogP contribution in [0.1, 0.15) is 13.8 Å². The van der Waals surface area contributed by atoms with Crippen molar-refractivity contribution in [3.63, 3.8) is 0 Å². The van der Waals surface area contributed by atoms with Crippen LogP contribution in [0, 0.1) is 0 Å². The molecule has 0 spiro atoms. The molecule has 0 fully saturated rings. The second-order valence-corrected chi connectivity index (χ2v) is 9.68. The van der Waals surface area contributed by atoms with Crippen LogP contribution >= 0.6 is 0 Å². The third kappa shape index (κ3) is 9.08. The number of carbonyl (C=O) groups excluding carboxylic acids is 4. The van der Waals surface area contributed by atoms with Crippen LogP contribution in [0.4, 0.5) is 11.4 Å². The average Bonchev–Trinajstić information content (AvgIpc) is 3.69.